The van der Waals surface area contributed by atoms with Crippen LogP contribution in [0.3, 0.4) is 0 Å². The van der Waals surface area contributed by atoms with Crippen molar-refractivity contribution in [1.82, 2.24) is 14.9 Å². The topological polar surface area (TPSA) is 85.8 Å². The summed E-state index contributed by atoms with van der Waals surface area (Å²) in [6.07, 6.45) is 6.50. The SMILES string of the molecule is CCC(Oc1cc2c(Nc3ccc(F)c(Cl)c3)ncnc2cc1OCC1CCCC1)N1CC(=O)OC(C)(C)C1. The standard InChI is InChI=1S/C29H34ClFN4O4/c1-4-26(35-14-27(36)39-29(2,3)16-35)38-25-12-20-23(13-24(25)37-15-18-7-5-6-8-18)32-17-33-28(20)34-19-9-10-22(31)21(30)11-19/h9-13,17-18,26H,4-8,14-16H2,1-3H3,(H,32,33,34). The molecule has 1 unspecified atom stereocenters. The van der Waals surface area contributed by atoms with Crippen molar-refractivity contribution in [3.8, 4) is 11.5 Å². The summed E-state index contributed by atoms with van der Waals surface area (Å²) in [4.78, 5) is 23.2. The fourth-order valence-electron chi connectivity index (χ4n) is 5.31. The number of anilines is 2. The minimum absolute atomic E-state index is 0.0127. The quantitative estimate of drug-likeness (QED) is 0.299. The minimum atomic E-state index is -0.612. The van der Waals surface area contributed by atoms with Gasteiger partial charge in [0.05, 0.1) is 23.7 Å². The summed E-state index contributed by atoms with van der Waals surface area (Å²) >= 11 is 5.99. The second kappa shape index (κ2) is 11.5. The van der Waals surface area contributed by atoms with E-state index in [0.717, 1.165) is 12.8 Å². The van der Waals surface area contributed by atoms with Crippen LogP contribution in [0.4, 0.5) is 15.9 Å². The van der Waals surface area contributed by atoms with E-state index in [1.54, 1.807) is 6.07 Å². The summed E-state index contributed by atoms with van der Waals surface area (Å²) in [5.74, 6) is 1.40. The number of hydrogen-bond donors (Lipinski definition) is 1. The van der Waals surface area contributed by atoms with E-state index in [1.807, 2.05) is 37.8 Å². The first kappa shape index (κ1) is 27.4. The third-order valence-corrected chi connectivity index (χ3v) is 7.45. The summed E-state index contributed by atoms with van der Waals surface area (Å²) in [5.41, 5.74) is 0.648. The zero-order valence-corrected chi connectivity index (χ0v) is 23.3. The molecule has 1 aliphatic heterocycles. The molecular formula is C29H34ClFN4O4. The van der Waals surface area contributed by atoms with Crippen molar-refractivity contribution in [1.29, 1.82) is 0 Å². The van der Waals surface area contributed by atoms with Crippen molar-refractivity contribution in [3.05, 3.63) is 47.5 Å². The molecule has 5 rings (SSSR count). The summed E-state index contributed by atoms with van der Waals surface area (Å²) in [5, 5.41) is 3.93. The monoisotopic (exact) mass is 556 g/mol. The van der Waals surface area contributed by atoms with E-state index in [2.05, 4.69) is 15.3 Å². The Morgan fingerprint density at radius 1 is 1.21 bits per heavy atom. The number of morpholine rings is 1. The highest BCUT2D eigenvalue weighted by Gasteiger charge is 2.37. The Hall–Kier alpha value is -3.17. The molecule has 10 heteroatoms. The lowest BCUT2D eigenvalue weighted by Gasteiger charge is -2.40. The van der Waals surface area contributed by atoms with Crippen molar-refractivity contribution in [2.45, 2.75) is 64.7 Å². The third kappa shape index (κ3) is 6.53. The number of carbonyl (C=O) groups is 1. The second-order valence-electron chi connectivity index (χ2n) is 10.9. The average molecular weight is 557 g/mol. The number of halogens is 2. The molecule has 1 atom stereocenters. The van der Waals surface area contributed by atoms with E-state index in [1.165, 1.54) is 31.3 Å². The zero-order valence-electron chi connectivity index (χ0n) is 22.5. The number of esters is 1. The van der Waals surface area contributed by atoms with E-state index in [4.69, 9.17) is 25.8 Å². The number of cyclic esters (lactones) is 1. The lowest BCUT2D eigenvalue weighted by atomic mass is 10.1. The molecule has 1 aliphatic carbocycles. The van der Waals surface area contributed by atoms with E-state index in [0.29, 0.717) is 59.4 Å². The maximum atomic E-state index is 13.7. The second-order valence-corrected chi connectivity index (χ2v) is 11.3. The van der Waals surface area contributed by atoms with Gasteiger partial charge in [0.2, 0.25) is 0 Å². The van der Waals surface area contributed by atoms with Crippen LogP contribution in [0.25, 0.3) is 10.9 Å². The number of nitrogens with zero attached hydrogens (tertiary/aromatic N) is 3. The number of benzene rings is 2. The fraction of sp³-hybridized carbons (Fsp3) is 0.483. The Morgan fingerprint density at radius 2 is 2.00 bits per heavy atom. The number of rotatable bonds is 9. The Kier molecular flexibility index (Phi) is 8.09. The molecule has 0 amide bonds. The first-order valence-electron chi connectivity index (χ1n) is 13.5. The van der Waals surface area contributed by atoms with Gasteiger partial charge < -0.3 is 19.5 Å². The summed E-state index contributed by atoms with van der Waals surface area (Å²) < 4.78 is 32.1. The van der Waals surface area contributed by atoms with Gasteiger partial charge in [0.25, 0.3) is 0 Å². The largest absolute Gasteiger partial charge is 0.489 e. The van der Waals surface area contributed by atoms with E-state index >= 15 is 0 Å². The molecule has 1 saturated carbocycles. The van der Waals surface area contributed by atoms with Gasteiger partial charge >= 0.3 is 5.97 Å². The van der Waals surface area contributed by atoms with Gasteiger partial charge in [-0.2, -0.15) is 0 Å². The van der Waals surface area contributed by atoms with E-state index < -0.39 is 11.4 Å². The summed E-state index contributed by atoms with van der Waals surface area (Å²) in [6.45, 7) is 7.11. The third-order valence-electron chi connectivity index (χ3n) is 7.16. The maximum absolute atomic E-state index is 13.7. The number of ether oxygens (including phenoxy) is 3. The van der Waals surface area contributed by atoms with Gasteiger partial charge in [-0.1, -0.05) is 31.4 Å². The van der Waals surface area contributed by atoms with Crippen molar-refractivity contribution in [2.24, 2.45) is 5.92 Å². The van der Waals surface area contributed by atoms with Gasteiger partial charge in [-0.3, -0.25) is 9.69 Å². The molecule has 1 saturated heterocycles. The van der Waals surface area contributed by atoms with Gasteiger partial charge in [-0.05, 0) is 63.3 Å². The van der Waals surface area contributed by atoms with Gasteiger partial charge in [-0.25, -0.2) is 14.4 Å². The van der Waals surface area contributed by atoms with E-state index in [-0.39, 0.29) is 23.8 Å². The predicted molar refractivity (Wildman–Crippen MR) is 148 cm³/mol. The minimum Gasteiger partial charge on any atom is -0.489 e. The molecule has 2 fully saturated rings. The zero-order chi connectivity index (χ0) is 27.6. The van der Waals surface area contributed by atoms with Crippen LogP contribution in [0.1, 0.15) is 52.9 Å². The molecule has 0 spiro atoms. The van der Waals surface area contributed by atoms with Crippen LogP contribution in [-0.2, 0) is 9.53 Å². The smallest absolute Gasteiger partial charge is 0.320 e. The maximum Gasteiger partial charge on any atom is 0.320 e. The molecule has 1 N–H and O–H groups in total. The van der Waals surface area contributed by atoms with Gasteiger partial charge in [-0.15, -0.1) is 0 Å². The highest BCUT2D eigenvalue weighted by atomic mass is 35.5. The number of nitrogens with one attached hydrogen (secondary N) is 1. The molecule has 0 radical (unpaired) electrons. The number of aromatic nitrogens is 2. The van der Waals surface area contributed by atoms with Crippen molar-refractivity contribution in [3.63, 3.8) is 0 Å². The molecule has 1 aromatic heterocycles. The van der Waals surface area contributed by atoms with Crippen LogP contribution in [0, 0.1) is 11.7 Å². The van der Waals surface area contributed by atoms with Gasteiger partial charge in [0, 0.05) is 23.7 Å². The fourth-order valence-corrected chi connectivity index (χ4v) is 5.49. The van der Waals surface area contributed by atoms with Crippen LogP contribution in [0.2, 0.25) is 5.02 Å². The van der Waals surface area contributed by atoms with Crippen LogP contribution in [0.5, 0.6) is 11.5 Å². The number of fused-ring (bicyclic) bond motifs is 1. The Morgan fingerprint density at radius 3 is 2.72 bits per heavy atom. The lowest BCUT2D eigenvalue weighted by molar-refractivity contribution is -0.177. The Labute approximate surface area is 232 Å². The van der Waals surface area contributed by atoms with Crippen LogP contribution in [0.15, 0.2) is 36.7 Å². The number of carbonyl (C=O) groups excluding carboxylic acids is 1. The van der Waals surface area contributed by atoms with E-state index in [9.17, 15) is 9.18 Å². The van der Waals surface area contributed by atoms with Crippen molar-refractivity contribution >= 4 is 40.0 Å². The van der Waals surface area contributed by atoms with Crippen LogP contribution < -0.4 is 14.8 Å². The first-order valence-corrected chi connectivity index (χ1v) is 13.8. The molecule has 0 bridgehead atoms. The van der Waals surface area contributed by atoms with Crippen molar-refractivity contribution in [2.75, 3.05) is 25.0 Å². The molecule has 3 aromatic rings. The molecule has 2 aliphatic rings. The van der Waals surface area contributed by atoms with Crippen LogP contribution in [-0.4, -0.2) is 52.4 Å². The highest BCUT2D eigenvalue weighted by molar-refractivity contribution is 6.31. The molecule has 39 heavy (non-hydrogen) atoms. The molecule has 2 aromatic carbocycles. The molecule has 8 nitrogen and oxygen atoms in total. The highest BCUT2D eigenvalue weighted by Crippen LogP contribution is 2.38. The average Bonchev–Trinajstić information content (AvgIpc) is 3.41. The van der Waals surface area contributed by atoms with Crippen molar-refractivity contribution < 1.29 is 23.4 Å². The summed E-state index contributed by atoms with van der Waals surface area (Å²) in [6, 6.07) is 8.13. The number of hydrogen-bond acceptors (Lipinski definition) is 8. The Bertz CT molecular complexity index is 1350. The molecular weight excluding hydrogens is 523 g/mol. The predicted octanol–water partition coefficient (Wildman–Crippen LogP) is 6.49. The summed E-state index contributed by atoms with van der Waals surface area (Å²) in [7, 11) is 0. The van der Waals surface area contributed by atoms with Gasteiger partial charge in [0.1, 0.15) is 23.6 Å². The first-order chi connectivity index (χ1) is 18.7. The van der Waals surface area contributed by atoms with Crippen LogP contribution >= 0.6 is 11.6 Å². The normalized spacial score (nSPS) is 18.6. The molecule has 208 valence electrons. The van der Waals surface area contributed by atoms with Gasteiger partial charge in [0.15, 0.2) is 17.7 Å². The molecule has 2 heterocycles. The Balaban J connectivity index is 1.49. The lowest BCUT2D eigenvalue weighted by Crippen LogP contribution is -2.55.